The summed E-state index contributed by atoms with van der Waals surface area (Å²) in [5, 5.41) is 9.80. The average molecular weight is 269 g/mol. The van der Waals surface area contributed by atoms with Crippen molar-refractivity contribution < 1.29 is 9.90 Å². The van der Waals surface area contributed by atoms with Crippen molar-refractivity contribution in [2.45, 2.75) is 6.92 Å². The molecule has 0 aliphatic rings. The molecular formula is C15H11NO2S. The summed E-state index contributed by atoms with van der Waals surface area (Å²) in [4.78, 5) is 15.4. The highest BCUT2D eigenvalue weighted by Crippen LogP contribution is 2.31. The summed E-state index contributed by atoms with van der Waals surface area (Å²) in [6.07, 6.45) is 0. The molecule has 1 aromatic heterocycles. The lowest BCUT2D eigenvalue weighted by Crippen LogP contribution is -1.94. The van der Waals surface area contributed by atoms with Crippen LogP contribution in [0.25, 0.3) is 20.8 Å². The summed E-state index contributed by atoms with van der Waals surface area (Å²) in [5.74, 6) is -0.910. The third kappa shape index (κ3) is 2.11. The van der Waals surface area contributed by atoms with Crippen LogP contribution in [0.3, 0.4) is 0 Å². The molecule has 3 aromatic rings. The average Bonchev–Trinajstić information content (AvgIpc) is 2.84. The van der Waals surface area contributed by atoms with Crippen LogP contribution in [0.1, 0.15) is 15.9 Å². The van der Waals surface area contributed by atoms with Gasteiger partial charge in [-0.15, -0.1) is 11.3 Å². The van der Waals surface area contributed by atoms with E-state index in [1.807, 2.05) is 19.1 Å². The molecule has 0 aliphatic heterocycles. The predicted octanol–water partition coefficient (Wildman–Crippen LogP) is 3.97. The number of aromatic carboxylic acids is 1. The van der Waals surface area contributed by atoms with Crippen LogP contribution in [0.5, 0.6) is 0 Å². The van der Waals surface area contributed by atoms with Gasteiger partial charge in [-0.1, -0.05) is 24.3 Å². The minimum absolute atomic E-state index is 0.293. The first-order chi connectivity index (χ1) is 9.15. The number of benzene rings is 2. The number of hydrogen-bond donors (Lipinski definition) is 1. The first-order valence-electron chi connectivity index (χ1n) is 5.85. The molecule has 0 spiro atoms. The monoisotopic (exact) mass is 269 g/mol. The molecule has 1 heterocycles. The zero-order chi connectivity index (χ0) is 13.4. The van der Waals surface area contributed by atoms with Gasteiger partial charge in [0, 0.05) is 5.56 Å². The molecule has 0 unspecified atom stereocenters. The van der Waals surface area contributed by atoms with Crippen molar-refractivity contribution in [3.8, 4) is 10.6 Å². The number of nitrogens with zero attached hydrogens (tertiary/aromatic N) is 1. The number of rotatable bonds is 2. The Morgan fingerprint density at radius 1 is 1.16 bits per heavy atom. The number of thiazole rings is 1. The number of carboxylic acid groups (broad SMARTS) is 1. The molecule has 0 aliphatic carbocycles. The fourth-order valence-corrected chi connectivity index (χ4v) is 3.01. The van der Waals surface area contributed by atoms with E-state index in [0.29, 0.717) is 5.56 Å². The van der Waals surface area contributed by atoms with Gasteiger partial charge in [0.1, 0.15) is 5.01 Å². The van der Waals surface area contributed by atoms with Crippen molar-refractivity contribution >= 4 is 27.5 Å². The third-order valence-electron chi connectivity index (χ3n) is 3.00. The van der Waals surface area contributed by atoms with Gasteiger partial charge >= 0.3 is 5.97 Å². The molecule has 1 N–H and O–H groups in total. The summed E-state index contributed by atoms with van der Waals surface area (Å²) in [6, 6.07) is 12.9. The van der Waals surface area contributed by atoms with E-state index in [1.165, 1.54) is 0 Å². The van der Waals surface area contributed by atoms with Crippen molar-refractivity contribution in [1.82, 2.24) is 4.98 Å². The molecule has 2 aromatic carbocycles. The summed E-state index contributed by atoms with van der Waals surface area (Å²) in [6.45, 7) is 2.04. The lowest BCUT2D eigenvalue weighted by Gasteiger charge is -1.97. The highest BCUT2D eigenvalue weighted by Gasteiger charge is 2.09. The van der Waals surface area contributed by atoms with Gasteiger partial charge in [-0.3, -0.25) is 0 Å². The molecule has 0 atom stereocenters. The molecular weight excluding hydrogens is 258 g/mol. The van der Waals surface area contributed by atoms with Crippen LogP contribution in [0.15, 0.2) is 42.5 Å². The smallest absolute Gasteiger partial charge is 0.335 e. The Morgan fingerprint density at radius 2 is 1.89 bits per heavy atom. The zero-order valence-corrected chi connectivity index (χ0v) is 11.1. The minimum Gasteiger partial charge on any atom is -0.478 e. The molecule has 0 amide bonds. The molecule has 19 heavy (non-hydrogen) atoms. The SMILES string of the molecule is Cc1cccc2sc(-c3ccc(C(=O)O)cc3)nc12. The lowest BCUT2D eigenvalue weighted by molar-refractivity contribution is 0.0697. The van der Waals surface area contributed by atoms with Gasteiger partial charge in [0.2, 0.25) is 0 Å². The second-order valence-corrected chi connectivity index (χ2v) is 5.35. The van der Waals surface area contributed by atoms with Crippen LogP contribution in [-0.2, 0) is 0 Å². The van der Waals surface area contributed by atoms with Crippen LogP contribution in [-0.4, -0.2) is 16.1 Å². The summed E-state index contributed by atoms with van der Waals surface area (Å²) in [5.41, 5.74) is 3.42. The van der Waals surface area contributed by atoms with E-state index in [-0.39, 0.29) is 0 Å². The van der Waals surface area contributed by atoms with Crippen molar-refractivity contribution in [3.05, 3.63) is 53.6 Å². The minimum atomic E-state index is -0.910. The summed E-state index contributed by atoms with van der Waals surface area (Å²) < 4.78 is 1.15. The normalized spacial score (nSPS) is 10.8. The topological polar surface area (TPSA) is 50.2 Å². The van der Waals surface area contributed by atoms with E-state index in [1.54, 1.807) is 35.6 Å². The van der Waals surface area contributed by atoms with E-state index in [0.717, 1.165) is 26.4 Å². The number of carbonyl (C=O) groups is 1. The van der Waals surface area contributed by atoms with E-state index in [4.69, 9.17) is 5.11 Å². The van der Waals surface area contributed by atoms with Crippen LogP contribution in [0.2, 0.25) is 0 Å². The van der Waals surface area contributed by atoms with Crippen molar-refractivity contribution in [2.75, 3.05) is 0 Å². The molecule has 4 heteroatoms. The quantitative estimate of drug-likeness (QED) is 0.765. The molecule has 94 valence electrons. The van der Waals surface area contributed by atoms with Crippen LogP contribution >= 0.6 is 11.3 Å². The summed E-state index contributed by atoms with van der Waals surface area (Å²) >= 11 is 1.62. The Labute approximate surface area is 114 Å². The Morgan fingerprint density at radius 3 is 2.53 bits per heavy atom. The van der Waals surface area contributed by atoms with Gasteiger partial charge in [0.05, 0.1) is 15.8 Å². The summed E-state index contributed by atoms with van der Waals surface area (Å²) in [7, 11) is 0. The van der Waals surface area contributed by atoms with Crippen LogP contribution in [0.4, 0.5) is 0 Å². The maximum Gasteiger partial charge on any atom is 0.335 e. The first-order valence-corrected chi connectivity index (χ1v) is 6.67. The molecule has 0 fully saturated rings. The fourth-order valence-electron chi connectivity index (χ4n) is 1.97. The first kappa shape index (κ1) is 11.9. The van der Waals surface area contributed by atoms with Gasteiger partial charge in [-0.25, -0.2) is 9.78 Å². The maximum absolute atomic E-state index is 10.8. The Hall–Kier alpha value is -2.20. The predicted molar refractivity (Wildman–Crippen MR) is 76.8 cm³/mol. The molecule has 3 rings (SSSR count). The molecule has 0 bridgehead atoms. The number of para-hydroxylation sites is 1. The van der Waals surface area contributed by atoms with Gasteiger partial charge in [0.25, 0.3) is 0 Å². The molecule has 0 radical (unpaired) electrons. The Bertz CT molecular complexity index is 759. The molecule has 0 saturated heterocycles. The number of fused-ring (bicyclic) bond motifs is 1. The highest BCUT2D eigenvalue weighted by atomic mass is 32.1. The van der Waals surface area contributed by atoms with E-state index < -0.39 is 5.97 Å². The van der Waals surface area contributed by atoms with Gasteiger partial charge in [-0.2, -0.15) is 0 Å². The number of hydrogen-bond acceptors (Lipinski definition) is 3. The largest absolute Gasteiger partial charge is 0.478 e. The maximum atomic E-state index is 10.8. The van der Waals surface area contributed by atoms with E-state index >= 15 is 0 Å². The zero-order valence-electron chi connectivity index (χ0n) is 10.3. The van der Waals surface area contributed by atoms with Gasteiger partial charge in [-0.05, 0) is 30.7 Å². The number of carboxylic acids is 1. The van der Waals surface area contributed by atoms with Crippen LogP contribution < -0.4 is 0 Å². The standard InChI is InChI=1S/C15H11NO2S/c1-9-3-2-4-12-13(9)16-14(19-12)10-5-7-11(8-6-10)15(17)18/h2-8H,1H3,(H,17,18). The van der Waals surface area contributed by atoms with Crippen molar-refractivity contribution in [1.29, 1.82) is 0 Å². The highest BCUT2D eigenvalue weighted by molar-refractivity contribution is 7.21. The molecule has 0 saturated carbocycles. The second kappa shape index (κ2) is 4.48. The number of aryl methyl sites for hydroxylation is 1. The number of aromatic nitrogens is 1. The van der Waals surface area contributed by atoms with Gasteiger partial charge < -0.3 is 5.11 Å². The van der Waals surface area contributed by atoms with Gasteiger partial charge in [0.15, 0.2) is 0 Å². The van der Waals surface area contributed by atoms with E-state index in [2.05, 4.69) is 11.1 Å². The fraction of sp³-hybridized carbons (Fsp3) is 0.0667. The Kier molecular flexibility index (Phi) is 2.80. The molecule has 3 nitrogen and oxygen atoms in total. The third-order valence-corrected chi connectivity index (χ3v) is 4.07. The van der Waals surface area contributed by atoms with Crippen molar-refractivity contribution in [2.24, 2.45) is 0 Å². The second-order valence-electron chi connectivity index (χ2n) is 4.32. The Balaban J connectivity index is 2.09. The van der Waals surface area contributed by atoms with Crippen molar-refractivity contribution in [3.63, 3.8) is 0 Å². The van der Waals surface area contributed by atoms with E-state index in [9.17, 15) is 4.79 Å². The van der Waals surface area contributed by atoms with Crippen LogP contribution in [0, 0.1) is 6.92 Å². The lowest BCUT2D eigenvalue weighted by atomic mass is 10.1.